The average Bonchev–Trinajstić information content (AvgIpc) is 3.06. The zero-order valence-corrected chi connectivity index (χ0v) is 12.5. The monoisotopic (exact) mass is 309 g/mol. The van der Waals surface area contributed by atoms with Gasteiger partial charge in [0.05, 0.1) is 18.4 Å². The first-order chi connectivity index (χ1) is 11.2. The minimum atomic E-state index is -0.981. The summed E-state index contributed by atoms with van der Waals surface area (Å²) in [4.78, 5) is 15.3. The molecule has 116 valence electrons. The molecule has 23 heavy (non-hydrogen) atoms. The third-order valence-corrected chi connectivity index (χ3v) is 3.31. The second-order valence-electron chi connectivity index (χ2n) is 4.87. The smallest absolute Gasteiger partial charge is 0.335 e. The summed E-state index contributed by atoms with van der Waals surface area (Å²) in [6.07, 6.45) is 1.62. The number of aromatic nitrogens is 1. The number of hydrogen-bond acceptors (Lipinski definition) is 4. The van der Waals surface area contributed by atoms with Gasteiger partial charge in [-0.2, -0.15) is 0 Å². The van der Waals surface area contributed by atoms with Gasteiger partial charge < -0.3 is 14.3 Å². The van der Waals surface area contributed by atoms with Gasteiger partial charge in [-0.25, -0.2) is 9.78 Å². The maximum absolute atomic E-state index is 11.0. The Bertz CT molecular complexity index is 821. The van der Waals surface area contributed by atoms with Crippen LogP contribution in [0.5, 0.6) is 5.75 Å². The molecule has 3 aromatic rings. The number of benzene rings is 2. The molecule has 0 saturated carbocycles. The topological polar surface area (TPSA) is 72.6 Å². The number of rotatable bonds is 5. The van der Waals surface area contributed by atoms with Crippen LogP contribution in [-0.2, 0) is 0 Å². The molecule has 5 nitrogen and oxygen atoms in total. The van der Waals surface area contributed by atoms with Gasteiger partial charge in [0.2, 0.25) is 5.89 Å². The van der Waals surface area contributed by atoms with Crippen molar-refractivity contribution < 1.29 is 19.1 Å². The molecule has 0 radical (unpaired) electrons. The molecular weight excluding hydrogens is 294 g/mol. The van der Waals surface area contributed by atoms with Crippen molar-refractivity contribution in [3.8, 4) is 28.5 Å². The van der Waals surface area contributed by atoms with Gasteiger partial charge in [-0.05, 0) is 49.4 Å². The lowest BCUT2D eigenvalue weighted by Crippen LogP contribution is -1.95. The number of ether oxygens (including phenoxy) is 1. The Morgan fingerprint density at radius 2 is 1.96 bits per heavy atom. The third-order valence-electron chi connectivity index (χ3n) is 3.31. The highest BCUT2D eigenvalue weighted by atomic mass is 16.5. The fraction of sp³-hybridized carbons (Fsp3) is 0.111. The number of carboxylic acid groups (broad SMARTS) is 1. The molecular formula is C18H15NO4. The zero-order chi connectivity index (χ0) is 16.2. The molecule has 5 heteroatoms. The number of nitrogens with zero attached hydrogens (tertiary/aromatic N) is 1. The number of aromatic carboxylic acids is 1. The van der Waals surface area contributed by atoms with Gasteiger partial charge in [-0.15, -0.1) is 0 Å². The van der Waals surface area contributed by atoms with Gasteiger partial charge in [-0.3, -0.25) is 0 Å². The fourth-order valence-electron chi connectivity index (χ4n) is 2.21. The van der Waals surface area contributed by atoms with Crippen molar-refractivity contribution in [3.63, 3.8) is 0 Å². The molecule has 0 aliphatic carbocycles. The average molecular weight is 309 g/mol. The molecule has 0 amide bonds. The van der Waals surface area contributed by atoms with Crippen LogP contribution < -0.4 is 4.74 Å². The van der Waals surface area contributed by atoms with E-state index in [0.717, 1.165) is 11.3 Å². The van der Waals surface area contributed by atoms with Crippen molar-refractivity contribution in [1.29, 1.82) is 0 Å². The molecule has 1 aromatic heterocycles. The Morgan fingerprint density at radius 1 is 1.17 bits per heavy atom. The first-order valence-corrected chi connectivity index (χ1v) is 7.20. The van der Waals surface area contributed by atoms with Gasteiger partial charge in [0.25, 0.3) is 0 Å². The summed E-state index contributed by atoms with van der Waals surface area (Å²) in [6.45, 7) is 2.55. The van der Waals surface area contributed by atoms with Gasteiger partial charge in [-0.1, -0.05) is 6.07 Å². The molecule has 0 bridgehead atoms. The highest BCUT2D eigenvalue weighted by Crippen LogP contribution is 2.27. The summed E-state index contributed by atoms with van der Waals surface area (Å²) in [5.74, 6) is 0.816. The van der Waals surface area contributed by atoms with Crippen LogP contribution in [0.3, 0.4) is 0 Å². The normalized spacial score (nSPS) is 10.5. The fourth-order valence-corrected chi connectivity index (χ4v) is 2.21. The second-order valence-corrected chi connectivity index (χ2v) is 4.87. The molecule has 0 spiro atoms. The predicted molar refractivity (Wildman–Crippen MR) is 85.5 cm³/mol. The van der Waals surface area contributed by atoms with E-state index in [1.165, 1.54) is 12.1 Å². The van der Waals surface area contributed by atoms with Crippen LogP contribution in [-0.4, -0.2) is 22.7 Å². The van der Waals surface area contributed by atoms with E-state index in [-0.39, 0.29) is 5.56 Å². The Labute approximate surface area is 133 Å². The van der Waals surface area contributed by atoms with Crippen molar-refractivity contribution in [2.24, 2.45) is 0 Å². The van der Waals surface area contributed by atoms with Crippen molar-refractivity contribution in [2.75, 3.05) is 6.61 Å². The standard InChI is InChI=1S/C18H15NO4/c1-2-22-15-8-6-12(7-9-15)16-11-19-17(23-16)13-4-3-5-14(10-13)18(20)21/h3-11H,2H2,1H3,(H,20,21). The maximum Gasteiger partial charge on any atom is 0.335 e. The number of hydrogen-bond donors (Lipinski definition) is 1. The van der Waals surface area contributed by atoms with E-state index in [1.807, 2.05) is 31.2 Å². The predicted octanol–water partition coefficient (Wildman–Crippen LogP) is 4.11. The Morgan fingerprint density at radius 3 is 2.65 bits per heavy atom. The SMILES string of the molecule is CCOc1ccc(-c2cnc(-c3cccc(C(=O)O)c3)o2)cc1. The molecule has 1 N–H and O–H groups in total. The van der Waals surface area contributed by atoms with Crippen LogP contribution in [0.1, 0.15) is 17.3 Å². The molecule has 2 aromatic carbocycles. The van der Waals surface area contributed by atoms with E-state index < -0.39 is 5.97 Å². The first-order valence-electron chi connectivity index (χ1n) is 7.20. The summed E-state index contributed by atoms with van der Waals surface area (Å²) in [5, 5.41) is 9.05. The van der Waals surface area contributed by atoms with Crippen LogP contribution in [0, 0.1) is 0 Å². The van der Waals surface area contributed by atoms with E-state index in [9.17, 15) is 4.79 Å². The van der Waals surface area contributed by atoms with Crippen LogP contribution in [0.15, 0.2) is 59.1 Å². The van der Waals surface area contributed by atoms with Crippen molar-refractivity contribution in [3.05, 3.63) is 60.3 Å². The highest BCUT2D eigenvalue weighted by molar-refractivity contribution is 5.89. The van der Waals surface area contributed by atoms with Crippen molar-refractivity contribution >= 4 is 5.97 Å². The lowest BCUT2D eigenvalue weighted by molar-refractivity contribution is 0.0697. The first kappa shape index (κ1) is 14.8. The molecule has 3 rings (SSSR count). The second kappa shape index (κ2) is 6.36. The molecule has 0 aliphatic rings. The van der Waals surface area contributed by atoms with Crippen molar-refractivity contribution in [2.45, 2.75) is 6.92 Å². The number of oxazole rings is 1. The zero-order valence-electron chi connectivity index (χ0n) is 12.5. The summed E-state index contributed by atoms with van der Waals surface area (Å²) < 4.78 is 11.2. The third kappa shape index (κ3) is 3.23. The van der Waals surface area contributed by atoms with E-state index >= 15 is 0 Å². The minimum absolute atomic E-state index is 0.198. The van der Waals surface area contributed by atoms with Crippen LogP contribution in [0.2, 0.25) is 0 Å². The lowest BCUT2D eigenvalue weighted by atomic mass is 10.1. The van der Waals surface area contributed by atoms with Gasteiger partial charge >= 0.3 is 5.97 Å². The molecule has 0 unspecified atom stereocenters. The molecule has 0 fully saturated rings. The molecule has 0 atom stereocenters. The number of carbonyl (C=O) groups is 1. The van der Waals surface area contributed by atoms with E-state index in [2.05, 4.69) is 4.98 Å². The maximum atomic E-state index is 11.0. The molecule has 0 saturated heterocycles. The van der Waals surface area contributed by atoms with Gasteiger partial charge in [0, 0.05) is 11.1 Å². The van der Waals surface area contributed by atoms with Crippen molar-refractivity contribution in [1.82, 2.24) is 4.98 Å². The molecule has 1 heterocycles. The largest absolute Gasteiger partial charge is 0.494 e. The summed E-state index contributed by atoms with van der Waals surface area (Å²) in [6, 6.07) is 14.0. The van der Waals surface area contributed by atoms with Crippen LogP contribution >= 0.6 is 0 Å². The van der Waals surface area contributed by atoms with E-state index in [4.69, 9.17) is 14.3 Å². The summed E-state index contributed by atoms with van der Waals surface area (Å²) >= 11 is 0. The minimum Gasteiger partial charge on any atom is -0.494 e. The quantitative estimate of drug-likeness (QED) is 0.768. The summed E-state index contributed by atoms with van der Waals surface area (Å²) in [7, 11) is 0. The van der Waals surface area contributed by atoms with Gasteiger partial charge in [0.1, 0.15) is 5.75 Å². The number of carboxylic acids is 1. The Kier molecular flexibility index (Phi) is 4.10. The molecule has 0 aliphatic heterocycles. The highest BCUT2D eigenvalue weighted by Gasteiger charge is 2.11. The Hall–Kier alpha value is -3.08. The van der Waals surface area contributed by atoms with E-state index in [1.54, 1.807) is 18.3 Å². The van der Waals surface area contributed by atoms with E-state index in [0.29, 0.717) is 23.8 Å². The Balaban J connectivity index is 1.88. The summed E-state index contributed by atoms with van der Waals surface area (Å²) in [5.41, 5.74) is 1.70. The lowest BCUT2D eigenvalue weighted by Gasteiger charge is -2.03. The van der Waals surface area contributed by atoms with Gasteiger partial charge in [0.15, 0.2) is 5.76 Å². The van der Waals surface area contributed by atoms with Crippen LogP contribution in [0.4, 0.5) is 0 Å². The van der Waals surface area contributed by atoms with Crippen LogP contribution in [0.25, 0.3) is 22.8 Å².